The molecule has 0 aliphatic rings. The molecule has 0 aliphatic carbocycles. The van der Waals surface area contributed by atoms with Gasteiger partial charge in [-0.2, -0.15) is 0 Å². The highest BCUT2D eigenvalue weighted by molar-refractivity contribution is 6.30. The first-order valence-electron chi connectivity index (χ1n) is 3.94. The van der Waals surface area contributed by atoms with Crippen LogP contribution in [-0.2, 0) is 0 Å². The van der Waals surface area contributed by atoms with E-state index in [2.05, 4.69) is 9.72 Å². The molecule has 3 nitrogen and oxygen atoms in total. The highest BCUT2D eigenvalue weighted by Gasteiger charge is 2.33. The summed E-state index contributed by atoms with van der Waals surface area (Å²) in [6, 6.07) is 0.456. The van der Waals surface area contributed by atoms with E-state index in [4.69, 9.17) is 11.6 Å². The van der Waals surface area contributed by atoms with E-state index in [1.807, 2.05) is 0 Å². The zero-order valence-corrected chi connectivity index (χ0v) is 8.52. The quantitative estimate of drug-likeness (QED) is 0.482. The van der Waals surface area contributed by atoms with Gasteiger partial charge in [-0.25, -0.2) is 13.8 Å². The number of hydrogen-bond donors (Lipinski definition) is 0. The first kappa shape index (κ1) is 13.6. The summed E-state index contributed by atoms with van der Waals surface area (Å²) in [5.41, 5.74) is -1.72. The average Bonchev–Trinajstić information content (AvgIpc) is 2.18. The zero-order valence-electron chi connectivity index (χ0n) is 7.76. The van der Waals surface area contributed by atoms with Crippen molar-refractivity contribution < 1.29 is 31.5 Å². The van der Waals surface area contributed by atoms with Crippen molar-refractivity contribution in [2.45, 2.75) is 12.8 Å². The van der Waals surface area contributed by atoms with Crippen LogP contribution in [0.1, 0.15) is 22.5 Å². The number of nitrogens with zero attached hydrogens (tertiary/aromatic N) is 1. The highest BCUT2D eigenvalue weighted by atomic mass is 35.5. The maximum absolute atomic E-state index is 12.3. The fraction of sp³-hybridized carbons (Fsp3) is 0.250. The number of aromatic nitrogens is 1. The van der Waals surface area contributed by atoms with Gasteiger partial charge in [0.05, 0.1) is 0 Å². The van der Waals surface area contributed by atoms with Crippen molar-refractivity contribution in [3.05, 3.63) is 22.5 Å². The minimum absolute atomic E-state index is 0.0615. The van der Waals surface area contributed by atoms with Gasteiger partial charge >= 0.3 is 6.36 Å². The van der Waals surface area contributed by atoms with Gasteiger partial charge in [0, 0.05) is 5.56 Å². The Balaban J connectivity index is 3.23. The molecule has 0 amide bonds. The maximum Gasteiger partial charge on any atom is 0.573 e. The molecular weight excluding hydrogens is 273 g/mol. The van der Waals surface area contributed by atoms with E-state index in [9.17, 15) is 26.7 Å². The second kappa shape index (κ2) is 4.82. The number of rotatable bonds is 3. The van der Waals surface area contributed by atoms with Crippen molar-refractivity contribution in [3.8, 4) is 5.75 Å². The van der Waals surface area contributed by atoms with E-state index in [1.54, 1.807) is 0 Å². The van der Waals surface area contributed by atoms with E-state index in [0.29, 0.717) is 6.07 Å². The Bertz CT molecular complexity index is 435. The predicted molar refractivity (Wildman–Crippen MR) is 46.3 cm³/mol. The fourth-order valence-corrected chi connectivity index (χ4v) is 1.15. The first-order chi connectivity index (χ1) is 7.74. The lowest BCUT2D eigenvalue weighted by atomic mass is 10.2. The third kappa shape index (κ3) is 3.52. The van der Waals surface area contributed by atoms with Gasteiger partial charge in [0.1, 0.15) is 5.69 Å². The van der Waals surface area contributed by atoms with Crippen LogP contribution in [0.3, 0.4) is 0 Å². The smallest absolute Gasteiger partial charge is 0.402 e. The molecule has 94 valence electrons. The molecule has 17 heavy (non-hydrogen) atoms. The number of aldehydes is 1. The number of pyridine rings is 1. The molecule has 9 heteroatoms. The summed E-state index contributed by atoms with van der Waals surface area (Å²) in [7, 11) is 0. The topological polar surface area (TPSA) is 39.2 Å². The van der Waals surface area contributed by atoms with Crippen LogP contribution in [0.5, 0.6) is 5.75 Å². The average molecular weight is 276 g/mol. The molecule has 0 radical (unpaired) electrons. The molecular formula is C8H3ClF5NO2. The second-order valence-corrected chi connectivity index (χ2v) is 3.08. The van der Waals surface area contributed by atoms with Crippen LogP contribution < -0.4 is 4.74 Å². The molecule has 0 fully saturated rings. The Kier molecular flexibility index (Phi) is 3.87. The molecule has 1 aromatic heterocycles. The molecule has 0 aliphatic heterocycles. The third-order valence-corrected chi connectivity index (χ3v) is 1.83. The van der Waals surface area contributed by atoms with Gasteiger partial charge in [-0.1, -0.05) is 11.6 Å². The van der Waals surface area contributed by atoms with Crippen molar-refractivity contribution in [2.24, 2.45) is 0 Å². The van der Waals surface area contributed by atoms with Gasteiger partial charge in [-0.05, 0) is 6.07 Å². The van der Waals surface area contributed by atoms with E-state index >= 15 is 0 Å². The number of alkyl halides is 5. The molecule has 0 atom stereocenters. The molecule has 1 aromatic rings. The summed E-state index contributed by atoms with van der Waals surface area (Å²) >= 11 is 5.22. The Hall–Kier alpha value is -1.44. The van der Waals surface area contributed by atoms with E-state index in [0.717, 1.165) is 0 Å². The standard InChI is InChI=1S/C8H3ClF5NO2/c9-6-4(17-8(12,13)14)1-3(2-16)5(15-6)7(10)11/h1-2,7H. The SMILES string of the molecule is O=Cc1cc(OC(F)(F)F)c(Cl)nc1C(F)F. The summed E-state index contributed by atoms with van der Waals surface area (Å²) < 4.78 is 63.7. The van der Waals surface area contributed by atoms with Crippen molar-refractivity contribution >= 4 is 17.9 Å². The van der Waals surface area contributed by atoms with Crippen LogP contribution in [0.25, 0.3) is 0 Å². The Morgan fingerprint density at radius 3 is 2.41 bits per heavy atom. The number of carbonyl (C=O) groups excluding carboxylic acids is 1. The van der Waals surface area contributed by atoms with Gasteiger partial charge in [-0.15, -0.1) is 13.2 Å². The molecule has 1 rings (SSSR count). The molecule has 0 N–H and O–H groups in total. The van der Waals surface area contributed by atoms with E-state index < -0.39 is 34.9 Å². The van der Waals surface area contributed by atoms with Crippen molar-refractivity contribution in [1.82, 2.24) is 4.98 Å². The number of hydrogen-bond acceptors (Lipinski definition) is 3. The summed E-state index contributed by atoms with van der Waals surface area (Å²) in [6.45, 7) is 0. The van der Waals surface area contributed by atoms with Crippen molar-refractivity contribution in [2.75, 3.05) is 0 Å². The van der Waals surface area contributed by atoms with Crippen LogP contribution in [0.15, 0.2) is 6.07 Å². The molecule has 0 spiro atoms. The summed E-state index contributed by atoms with van der Waals surface area (Å²) in [4.78, 5) is 13.4. The lowest BCUT2D eigenvalue weighted by Gasteiger charge is -2.11. The third-order valence-electron chi connectivity index (χ3n) is 1.56. The lowest BCUT2D eigenvalue weighted by Crippen LogP contribution is -2.18. The normalized spacial score (nSPS) is 11.7. The summed E-state index contributed by atoms with van der Waals surface area (Å²) in [5.74, 6) is -1.01. The fourth-order valence-electron chi connectivity index (χ4n) is 0.966. The van der Waals surface area contributed by atoms with Gasteiger partial charge in [-0.3, -0.25) is 4.79 Å². The number of halogens is 6. The molecule has 1 heterocycles. The van der Waals surface area contributed by atoms with E-state index in [1.165, 1.54) is 0 Å². The van der Waals surface area contributed by atoms with Gasteiger partial charge < -0.3 is 4.74 Å². The van der Waals surface area contributed by atoms with Crippen LogP contribution in [0.2, 0.25) is 5.15 Å². The molecule has 0 unspecified atom stereocenters. The number of ether oxygens (including phenoxy) is 1. The first-order valence-corrected chi connectivity index (χ1v) is 4.32. The predicted octanol–water partition coefficient (Wildman–Crippen LogP) is 3.38. The molecule has 0 aromatic carbocycles. The summed E-state index contributed by atoms with van der Waals surface area (Å²) in [5, 5.41) is -0.900. The Morgan fingerprint density at radius 2 is 2.00 bits per heavy atom. The highest BCUT2D eigenvalue weighted by Crippen LogP contribution is 2.32. The van der Waals surface area contributed by atoms with Crippen LogP contribution in [-0.4, -0.2) is 17.6 Å². The molecule has 0 bridgehead atoms. The molecule has 0 saturated heterocycles. The maximum atomic E-state index is 12.3. The van der Waals surface area contributed by atoms with Gasteiger partial charge in [0.2, 0.25) is 0 Å². The monoisotopic (exact) mass is 275 g/mol. The zero-order chi connectivity index (χ0) is 13.2. The van der Waals surface area contributed by atoms with Crippen LogP contribution in [0, 0.1) is 0 Å². The lowest BCUT2D eigenvalue weighted by molar-refractivity contribution is -0.274. The Morgan fingerprint density at radius 1 is 1.41 bits per heavy atom. The number of carbonyl (C=O) groups is 1. The van der Waals surface area contributed by atoms with Crippen LogP contribution >= 0.6 is 11.6 Å². The Labute approximate surface area is 96.2 Å². The van der Waals surface area contributed by atoms with E-state index in [-0.39, 0.29) is 6.29 Å². The molecule has 0 saturated carbocycles. The van der Waals surface area contributed by atoms with Crippen LogP contribution in [0.4, 0.5) is 22.0 Å². The largest absolute Gasteiger partial charge is 0.573 e. The van der Waals surface area contributed by atoms with Gasteiger partial charge in [0.25, 0.3) is 6.43 Å². The van der Waals surface area contributed by atoms with Crippen molar-refractivity contribution in [1.29, 1.82) is 0 Å². The minimum atomic E-state index is -5.06. The van der Waals surface area contributed by atoms with Crippen molar-refractivity contribution in [3.63, 3.8) is 0 Å². The minimum Gasteiger partial charge on any atom is -0.402 e. The van der Waals surface area contributed by atoms with Gasteiger partial charge in [0.15, 0.2) is 17.2 Å². The second-order valence-electron chi connectivity index (χ2n) is 2.72. The summed E-state index contributed by atoms with van der Waals surface area (Å²) in [6.07, 6.45) is -8.25.